The molecule has 1 atom stereocenters. The maximum absolute atomic E-state index is 13.1. The summed E-state index contributed by atoms with van der Waals surface area (Å²) < 4.78 is 0. The molecular formula is C29H33N3O2. The fourth-order valence-corrected chi connectivity index (χ4v) is 4.53. The number of piperidine rings is 1. The van der Waals surface area contributed by atoms with Crippen LogP contribution in [0.5, 0.6) is 0 Å². The van der Waals surface area contributed by atoms with E-state index in [0.29, 0.717) is 17.8 Å². The predicted octanol–water partition coefficient (Wildman–Crippen LogP) is 4.82. The van der Waals surface area contributed by atoms with Crippen LogP contribution < -0.4 is 10.6 Å². The Kier molecular flexibility index (Phi) is 8.10. The summed E-state index contributed by atoms with van der Waals surface area (Å²) in [6.45, 7) is 5.26. The Morgan fingerprint density at radius 2 is 1.68 bits per heavy atom. The van der Waals surface area contributed by atoms with E-state index in [1.54, 1.807) is 12.1 Å². The van der Waals surface area contributed by atoms with Crippen LogP contribution >= 0.6 is 0 Å². The number of nitrogens with one attached hydrogen (secondary N) is 2. The van der Waals surface area contributed by atoms with Crippen LogP contribution in [0.25, 0.3) is 0 Å². The largest absolute Gasteiger partial charge is 0.352 e. The molecule has 0 spiro atoms. The highest BCUT2D eigenvalue weighted by Gasteiger charge is 2.27. The zero-order valence-corrected chi connectivity index (χ0v) is 19.8. The first-order valence-electron chi connectivity index (χ1n) is 12.1. The van der Waals surface area contributed by atoms with Gasteiger partial charge < -0.3 is 10.6 Å². The highest BCUT2D eigenvalue weighted by atomic mass is 16.2. The Hall–Kier alpha value is -3.44. The number of amides is 2. The monoisotopic (exact) mass is 455 g/mol. The smallest absolute Gasteiger partial charge is 0.253 e. The Balaban J connectivity index is 1.34. The van der Waals surface area contributed by atoms with Gasteiger partial charge in [0.25, 0.3) is 5.91 Å². The highest BCUT2D eigenvalue weighted by Crippen LogP contribution is 2.23. The third kappa shape index (κ3) is 6.33. The quantitative estimate of drug-likeness (QED) is 0.512. The molecule has 2 N–H and O–H groups in total. The summed E-state index contributed by atoms with van der Waals surface area (Å²) in [4.78, 5) is 28.3. The van der Waals surface area contributed by atoms with E-state index < -0.39 is 0 Å². The normalized spacial score (nSPS) is 16.1. The molecule has 5 nitrogen and oxygen atoms in total. The van der Waals surface area contributed by atoms with E-state index in [4.69, 9.17) is 0 Å². The van der Waals surface area contributed by atoms with E-state index in [9.17, 15) is 9.59 Å². The second-order valence-corrected chi connectivity index (χ2v) is 9.03. The van der Waals surface area contributed by atoms with Crippen molar-refractivity contribution in [2.45, 2.75) is 32.7 Å². The Morgan fingerprint density at radius 1 is 0.941 bits per heavy atom. The van der Waals surface area contributed by atoms with Crippen molar-refractivity contribution in [1.82, 2.24) is 10.2 Å². The van der Waals surface area contributed by atoms with Crippen LogP contribution in [0, 0.1) is 12.8 Å². The van der Waals surface area contributed by atoms with Crippen molar-refractivity contribution in [3.8, 4) is 0 Å². The number of rotatable bonds is 8. The van der Waals surface area contributed by atoms with Gasteiger partial charge in [0.15, 0.2) is 0 Å². The molecule has 1 aliphatic rings. The first-order chi connectivity index (χ1) is 16.6. The number of carbonyl (C=O) groups is 2. The minimum absolute atomic E-state index is 0.0148. The number of hydrogen-bond donors (Lipinski definition) is 2. The van der Waals surface area contributed by atoms with Crippen molar-refractivity contribution in [2.24, 2.45) is 5.92 Å². The summed E-state index contributed by atoms with van der Waals surface area (Å²) in [7, 11) is 0. The van der Waals surface area contributed by atoms with Crippen molar-refractivity contribution >= 4 is 17.5 Å². The Labute approximate surface area is 202 Å². The number of anilines is 1. The summed E-state index contributed by atoms with van der Waals surface area (Å²) in [5, 5.41) is 6.02. The molecule has 34 heavy (non-hydrogen) atoms. The van der Waals surface area contributed by atoms with Gasteiger partial charge >= 0.3 is 0 Å². The van der Waals surface area contributed by atoms with Crippen molar-refractivity contribution < 1.29 is 9.59 Å². The van der Waals surface area contributed by atoms with Gasteiger partial charge in [-0.3, -0.25) is 14.5 Å². The molecule has 0 bridgehead atoms. The van der Waals surface area contributed by atoms with Gasteiger partial charge in [0, 0.05) is 19.6 Å². The van der Waals surface area contributed by atoms with Crippen LogP contribution in [0.2, 0.25) is 0 Å². The average molecular weight is 456 g/mol. The number of likely N-dealkylation sites (tertiary alicyclic amines) is 1. The third-order valence-electron chi connectivity index (χ3n) is 6.50. The molecule has 0 radical (unpaired) electrons. The molecule has 3 aromatic carbocycles. The molecule has 0 aromatic heterocycles. The van der Waals surface area contributed by atoms with E-state index in [-0.39, 0.29) is 17.7 Å². The summed E-state index contributed by atoms with van der Waals surface area (Å²) in [5.41, 5.74) is 4.83. The molecule has 176 valence electrons. The lowest BCUT2D eigenvalue weighted by atomic mass is 9.96. The summed E-state index contributed by atoms with van der Waals surface area (Å²) >= 11 is 0. The number of nitrogens with zero attached hydrogens (tertiary/aromatic N) is 1. The predicted molar refractivity (Wildman–Crippen MR) is 137 cm³/mol. The first kappa shape index (κ1) is 23.7. The van der Waals surface area contributed by atoms with Crippen molar-refractivity contribution in [1.29, 1.82) is 0 Å². The van der Waals surface area contributed by atoms with E-state index >= 15 is 0 Å². The van der Waals surface area contributed by atoms with Gasteiger partial charge in [0.1, 0.15) is 0 Å². The van der Waals surface area contributed by atoms with Gasteiger partial charge in [-0.2, -0.15) is 0 Å². The third-order valence-corrected chi connectivity index (χ3v) is 6.50. The maximum Gasteiger partial charge on any atom is 0.253 e. The molecular weight excluding hydrogens is 422 g/mol. The maximum atomic E-state index is 13.1. The summed E-state index contributed by atoms with van der Waals surface area (Å²) in [6.07, 6.45) is 2.62. The highest BCUT2D eigenvalue weighted by molar-refractivity contribution is 6.04. The second kappa shape index (κ2) is 11.6. The van der Waals surface area contributed by atoms with E-state index in [1.807, 2.05) is 42.5 Å². The average Bonchev–Trinajstić information content (AvgIpc) is 2.86. The summed E-state index contributed by atoms with van der Waals surface area (Å²) in [6, 6.07) is 25.7. The lowest BCUT2D eigenvalue weighted by Gasteiger charge is -2.32. The molecule has 1 saturated heterocycles. The molecule has 3 aromatic rings. The second-order valence-electron chi connectivity index (χ2n) is 9.03. The lowest BCUT2D eigenvalue weighted by Crippen LogP contribution is -2.40. The van der Waals surface area contributed by atoms with E-state index in [1.165, 1.54) is 16.7 Å². The molecule has 1 unspecified atom stereocenters. The van der Waals surface area contributed by atoms with Gasteiger partial charge in [0.05, 0.1) is 17.2 Å². The van der Waals surface area contributed by atoms with Gasteiger partial charge in [-0.15, -0.1) is 0 Å². The number of hydrogen-bond acceptors (Lipinski definition) is 3. The SMILES string of the molecule is Cc1ccccc1CN1CCCC(C(=O)Nc2ccccc2C(=O)NCCc2ccccc2)C1. The number of aryl methyl sites for hydroxylation is 1. The molecule has 1 heterocycles. The summed E-state index contributed by atoms with van der Waals surface area (Å²) in [5.74, 6) is -0.275. The fourth-order valence-electron chi connectivity index (χ4n) is 4.53. The molecule has 0 aliphatic carbocycles. The number of carbonyl (C=O) groups excluding carboxylic acids is 2. The molecule has 1 fully saturated rings. The van der Waals surface area contributed by atoms with Gasteiger partial charge in [-0.1, -0.05) is 66.7 Å². The Bertz CT molecular complexity index is 1110. The molecule has 1 aliphatic heterocycles. The van der Waals surface area contributed by atoms with Crippen LogP contribution in [0.15, 0.2) is 78.9 Å². The molecule has 2 amide bonds. The fraction of sp³-hybridized carbons (Fsp3) is 0.310. The van der Waals surface area contributed by atoms with Crippen LogP contribution in [-0.2, 0) is 17.8 Å². The van der Waals surface area contributed by atoms with Gasteiger partial charge in [0.2, 0.25) is 5.91 Å². The molecule has 0 saturated carbocycles. The lowest BCUT2D eigenvalue weighted by molar-refractivity contribution is -0.121. The minimum Gasteiger partial charge on any atom is -0.352 e. The molecule has 4 rings (SSSR count). The standard InChI is InChI=1S/C29H33N3O2/c1-22-10-5-6-13-24(22)20-32-19-9-14-25(21-32)28(33)31-27-16-8-7-15-26(27)29(34)30-18-17-23-11-3-2-4-12-23/h2-8,10-13,15-16,25H,9,14,17-21H2,1H3,(H,30,34)(H,31,33). The van der Waals surface area contributed by atoms with Crippen LogP contribution in [0.4, 0.5) is 5.69 Å². The molecule has 5 heteroatoms. The van der Waals surface area contributed by atoms with Crippen molar-refractivity contribution in [3.63, 3.8) is 0 Å². The topological polar surface area (TPSA) is 61.4 Å². The van der Waals surface area contributed by atoms with Gasteiger partial charge in [-0.25, -0.2) is 0 Å². The van der Waals surface area contributed by atoms with Gasteiger partial charge in [-0.05, 0) is 61.6 Å². The van der Waals surface area contributed by atoms with Crippen LogP contribution in [0.1, 0.15) is 39.9 Å². The first-order valence-corrected chi connectivity index (χ1v) is 12.1. The zero-order valence-electron chi connectivity index (χ0n) is 19.8. The van der Waals surface area contributed by atoms with Crippen molar-refractivity contribution in [3.05, 3.63) is 101 Å². The Morgan fingerprint density at radius 3 is 2.50 bits per heavy atom. The number of benzene rings is 3. The zero-order chi connectivity index (χ0) is 23.8. The van der Waals surface area contributed by atoms with Crippen molar-refractivity contribution in [2.75, 3.05) is 25.0 Å². The number of para-hydroxylation sites is 1. The minimum atomic E-state index is -0.170. The van der Waals surface area contributed by atoms with Crippen LogP contribution in [0.3, 0.4) is 0 Å². The van der Waals surface area contributed by atoms with E-state index in [0.717, 1.165) is 38.9 Å². The van der Waals surface area contributed by atoms with Crippen LogP contribution in [-0.4, -0.2) is 36.3 Å². The van der Waals surface area contributed by atoms with E-state index in [2.05, 4.69) is 46.7 Å².